The zero-order valence-electron chi connectivity index (χ0n) is 23.0. The molecule has 2 nitrogen and oxygen atoms in total. The molecule has 0 N–H and O–H groups in total. The van der Waals surface area contributed by atoms with Gasteiger partial charge in [0.1, 0.15) is 12.4 Å². The average Bonchev–Trinajstić information content (AvgIpc) is 2.82. The van der Waals surface area contributed by atoms with E-state index < -0.39 is 0 Å². The molecule has 0 bridgehead atoms. The first-order valence-corrected chi connectivity index (χ1v) is 14.0. The van der Waals surface area contributed by atoms with Crippen LogP contribution in [0, 0.1) is 6.92 Å². The summed E-state index contributed by atoms with van der Waals surface area (Å²) < 4.78 is 6.80. The quantitative estimate of drug-likeness (QED) is 0.265. The third-order valence-electron chi connectivity index (χ3n) is 6.82. The number of para-hydroxylation sites is 1. The number of hydrogen-bond donors (Lipinski definition) is 0. The van der Waals surface area contributed by atoms with E-state index in [1.54, 1.807) is 0 Å². The summed E-state index contributed by atoms with van der Waals surface area (Å²) in [6.45, 7) is 14.4. The minimum absolute atomic E-state index is 0.0108. The van der Waals surface area contributed by atoms with Gasteiger partial charge in [0.15, 0.2) is 0 Å². The zero-order chi connectivity index (χ0) is 25.6. The van der Waals surface area contributed by atoms with E-state index in [4.69, 9.17) is 4.74 Å². The molecule has 188 valence electrons. The number of nitrogens with zero attached hydrogens (tertiary/aromatic N) is 1. The number of ether oxygens (including phenoxy) is 1. The molecule has 0 fully saturated rings. The van der Waals surface area contributed by atoms with Gasteiger partial charge in [0.25, 0.3) is 0 Å². The minimum Gasteiger partial charge on any atom is -0.488 e. The van der Waals surface area contributed by atoms with E-state index in [1.807, 2.05) is 0 Å². The fraction of sp³-hybridized carbons (Fsp3) is 0.438. The Kier molecular flexibility index (Phi) is 9.05. The summed E-state index contributed by atoms with van der Waals surface area (Å²) in [5.41, 5.74) is 6.52. The molecular weight excluding hydrogens is 445 g/mol. The zero-order valence-corrected chi connectivity index (χ0v) is 24.0. The van der Waals surface area contributed by atoms with E-state index in [-0.39, 0.29) is 10.6 Å². The van der Waals surface area contributed by atoms with Crippen molar-refractivity contribution >= 4 is 19.6 Å². The normalized spacial score (nSPS) is 13.7. The van der Waals surface area contributed by atoms with Crippen LogP contribution in [-0.4, -0.2) is 14.1 Å². The van der Waals surface area contributed by atoms with Gasteiger partial charge in [-0.25, -0.2) is 0 Å². The maximum atomic E-state index is 6.80. The molecule has 0 amide bonds. The van der Waals surface area contributed by atoms with Gasteiger partial charge < -0.3 is 9.64 Å². The van der Waals surface area contributed by atoms with Crippen molar-refractivity contribution in [2.24, 2.45) is 0 Å². The van der Waals surface area contributed by atoms with Crippen molar-refractivity contribution in [1.29, 1.82) is 0 Å². The van der Waals surface area contributed by atoms with E-state index in [0.717, 1.165) is 25.0 Å². The maximum Gasteiger partial charge on any atom is 0.127 e. The largest absolute Gasteiger partial charge is 0.488 e. The molecule has 0 aromatic heterocycles. The van der Waals surface area contributed by atoms with Crippen molar-refractivity contribution in [1.82, 2.24) is 0 Å². The Bertz CT molecular complexity index is 1100. The van der Waals surface area contributed by atoms with E-state index in [2.05, 4.69) is 127 Å². The van der Waals surface area contributed by atoms with Crippen LogP contribution < -0.4 is 14.9 Å². The van der Waals surface area contributed by atoms with Crippen molar-refractivity contribution < 1.29 is 4.74 Å². The van der Waals surface area contributed by atoms with Gasteiger partial charge in [0.05, 0.1) is 0 Å². The summed E-state index contributed by atoms with van der Waals surface area (Å²) in [6, 6.07) is 24.2. The first-order chi connectivity index (χ1) is 16.6. The molecule has 0 saturated carbocycles. The van der Waals surface area contributed by atoms with E-state index in [1.165, 1.54) is 33.2 Å². The number of benzene rings is 3. The summed E-state index contributed by atoms with van der Waals surface area (Å²) in [5.74, 6) is 1.09. The molecule has 3 aromatic carbocycles. The van der Waals surface area contributed by atoms with Gasteiger partial charge in [-0.15, -0.1) is 0 Å². The molecule has 3 heteroatoms. The monoisotopic (exact) mass is 489 g/mol. The average molecular weight is 490 g/mol. The van der Waals surface area contributed by atoms with Gasteiger partial charge >= 0.3 is 0 Å². The molecule has 0 saturated heterocycles. The summed E-state index contributed by atoms with van der Waals surface area (Å²) in [6.07, 6.45) is 3.36. The van der Waals surface area contributed by atoms with Crippen molar-refractivity contribution in [2.75, 3.05) is 19.0 Å². The van der Waals surface area contributed by atoms with Crippen LogP contribution in [0.2, 0.25) is 0 Å². The highest BCUT2D eigenvalue weighted by Crippen LogP contribution is 2.53. The molecule has 0 spiro atoms. The molecule has 2 unspecified atom stereocenters. The summed E-state index contributed by atoms with van der Waals surface area (Å²) in [7, 11) is 4.96. The lowest BCUT2D eigenvalue weighted by Crippen LogP contribution is -2.27. The van der Waals surface area contributed by atoms with E-state index in [9.17, 15) is 0 Å². The molecule has 0 aliphatic carbocycles. The maximum absolute atomic E-state index is 6.80. The highest BCUT2D eigenvalue weighted by molar-refractivity contribution is 7.49. The Morgan fingerprint density at radius 1 is 0.857 bits per heavy atom. The number of aryl methyl sites for hydroxylation is 1. The second-order valence-corrected chi connectivity index (χ2v) is 12.7. The molecule has 3 aromatic rings. The standard InChI is InChI=1S/C32H44NOP/c1-9-20-32(10-2,35-29-19-15-14-18-28(29)33(7)8)27-22-24(3)21-26(31(4,5)6)30(27)34-23-25-16-12-11-13-17-25/h11-19,21-22,35H,9-10,20,23H2,1-8H3. The second-order valence-electron chi connectivity index (χ2n) is 10.9. The molecule has 0 radical (unpaired) electrons. The van der Waals surface area contributed by atoms with Crippen molar-refractivity contribution in [3.8, 4) is 5.75 Å². The van der Waals surface area contributed by atoms with Crippen LogP contribution >= 0.6 is 8.58 Å². The van der Waals surface area contributed by atoms with Crippen LogP contribution in [0.1, 0.15) is 76.1 Å². The summed E-state index contributed by atoms with van der Waals surface area (Å²) in [5, 5.41) is 1.46. The van der Waals surface area contributed by atoms with Crippen molar-refractivity contribution in [2.45, 2.75) is 78.0 Å². The predicted molar refractivity (Wildman–Crippen MR) is 156 cm³/mol. The van der Waals surface area contributed by atoms with Crippen LogP contribution in [0.4, 0.5) is 5.69 Å². The topological polar surface area (TPSA) is 12.5 Å². The van der Waals surface area contributed by atoms with Gasteiger partial charge in [-0.05, 0) is 42.1 Å². The molecule has 35 heavy (non-hydrogen) atoms. The van der Waals surface area contributed by atoms with Crippen LogP contribution in [0.15, 0.2) is 66.7 Å². The van der Waals surface area contributed by atoms with Crippen molar-refractivity contribution in [3.63, 3.8) is 0 Å². The Morgan fingerprint density at radius 2 is 1.49 bits per heavy atom. The summed E-state index contributed by atoms with van der Waals surface area (Å²) in [4.78, 5) is 2.25. The van der Waals surface area contributed by atoms with Gasteiger partial charge in [0.2, 0.25) is 0 Å². The first kappa shape index (κ1) is 27.3. The lowest BCUT2D eigenvalue weighted by Gasteiger charge is -2.38. The van der Waals surface area contributed by atoms with E-state index in [0.29, 0.717) is 15.2 Å². The fourth-order valence-electron chi connectivity index (χ4n) is 4.94. The molecule has 3 rings (SSSR count). The third-order valence-corrected chi connectivity index (χ3v) is 8.87. The number of rotatable bonds is 10. The van der Waals surface area contributed by atoms with Crippen LogP contribution in [0.5, 0.6) is 5.75 Å². The van der Waals surface area contributed by atoms with Crippen LogP contribution in [0.3, 0.4) is 0 Å². The SMILES string of the molecule is CCCC(CC)(Pc1ccccc1N(C)C)c1cc(C)cc(C(C)(C)C)c1OCc1ccccc1. The fourth-order valence-corrected chi connectivity index (χ4v) is 6.95. The number of hydrogen-bond acceptors (Lipinski definition) is 2. The molecule has 0 heterocycles. The lowest BCUT2D eigenvalue weighted by atomic mass is 9.80. The smallest absolute Gasteiger partial charge is 0.127 e. The highest BCUT2D eigenvalue weighted by Gasteiger charge is 2.36. The molecule has 0 aliphatic rings. The second kappa shape index (κ2) is 11.6. The van der Waals surface area contributed by atoms with Gasteiger partial charge in [-0.2, -0.15) is 0 Å². The Balaban J connectivity index is 2.21. The number of anilines is 1. The Labute approximate surface area is 215 Å². The van der Waals surface area contributed by atoms with Crippen molar-refractivity contribution in [3.05, 3.63) is 89.0 Å². The lowest BCUT2D eigenvalue weighted by molar-refractivity contribution is 0.289. The molecule has 0 aliphatic heterocycles. The van der Waals surface area contributed by atoms with Crippen LogP contribution in [-0.2, 0) is 17.2 Å². The van der Waals surface area contributed by atoms with Gasteiger partial charge in [0, 0.05) is 36.1 Å². The molecular formula is C32H44NOP. The highest BCUT2D eigenvalue weighted by atomic mass is 31.1. The summed E-state index contributed by atoms with van der Waals surface area (Å²) >= 11 is 0. The Hall–Kier alpha value is -2.31. The minimum atomic E-state index is -0.0108. The predicted octanol–water partition coefficient (Wildman–Crippen LogP) is 8.35. The third kappa shape index (κ3) is 6.47. The molecule has 2 atom stereocenters. The van der Waals surface area contributed by atoms with E-state index >= 15 is 0 Å². The van der Waals surface area contributed by atoms with Gasteiger partial charge in [-0.3, -0.25) is 0 Å². The Morgan fingerprint density at radius 3 is 2.09 bits per heavy atom. The van der Waals surface area contributed by atoms with Crippen LogP contribution in [0.25, 0.3) is 0 Å². The first-order valence-electron chi connectivity index (χ1n) is 13.0. The van der Waals surface area contributed by atoms with Gasteiger partial charge in [-0.1, -0.05) is 116 Å².